The number of aliphatic carboxylic acids is 1. The van der Waals surface area contributed by atoms with E-state index < -0.39 is 29.2 Å². The first-order chi connectivity index (χ1) is 18.4. The van der Waals surface area contributed by atoms with Gasteiger partial charge in [-0.25, -0.2) is 9.78 Å². The molecule has 2 aliphatic heterocycles. The van der Waals surface area contributed by atoms with E-state index in [0.717, 1.165) is 16.9 Å². The van der Waals surface area contributed by atoms with Crippen molar-refractivity contribution in [1.29, 1.82) is 0 Å². The number of pyridine rings is 1. The van der Waals surface area contributed by atoms with Gasteiger partial charge in [-0.3, -0.25) is 24.3 Å². The number of fused-ring (bicyclic) bond motifs is 1. The van der Waals surface area contributed by atoms with E-state index in [1.54, 1.807) is 29.9 Å². The molecule has 3 amide bonds. The first kappa shape index (κ1) is 27.3. The highest BCUT2D eigenvalue weighted by Gasteiger charge is 2.54. The lowest BCUT2D eigenvalue weighted by atomic mass is 10.0. The number of carbonyl (C=O) groups excluding carboxylic acids is 3. The number of hydrogen-bond acceptors (Lipinski definition) is 11. The molecule has 2 atom stereocenters. The van der Waals surface area contributed by atoms with E-state index in [9.17, 15) is 24.3 Å². The predicted octanol–water partition coefficient (Wildman–Crippen LogP) is 2.34. The first-order valence-electron chi connectivity index (χ1n) is 11.3. The minimum absolute atomic E-state index is 0.102. The largest absolute Gasteiger partial charge is 0.477 e. The number of carboxylic acids is 1. The topological polar surface area (TPSA) is 163 Å². The third-order valence-corrected chi connectivity index (χ3v) is 8.30. The molecule has 0 spiro atoms. The standard InChI is InChI=1S/C23H22N6O6S3/c1-2-7-35-28-16(14-10-38-23(26-14)25-12-30)19(31)27-17-20(32)29-18(22(33)34)15(11-37-21(17)29)36-8-5-13-4-3-6-24-9-13/h3-6,8-10,12,17,21H,2,7,11H2,1H3,(H,27,31)(H,33,34)(H,25,26,30)/b8-5-,28-16-/t17?,21-/m1/s1. The zero-order valence-electron chi connectivity index (χ0n) is 19.9. The average Bonchev–Trinajstić information content (AvgIpc) is 3.38. The van der Waals surface area contributed by atoms with Crippen molar-refractivity contribution in [1.82, 2.24) is 20.2 Å². The second-order valence-corrected chi connectivity index (χ2v) is 10.7. The van der Waals surface area contributed by atoms with Gasteiger partial charge < -0.3 is 20.6 Å². The number of carboxylic acid groups (broad SMARTS) is 1. The Morgan fingerprint density at radius 2 is 2.26 bits per heavy atom. The average molecular weight is 575 g/mol. The second-order valence-electron chi connectivity index (χ2n) is 7.72. The Bertz CT molecular complexity index is 1310. The highest BCUT2D eigenvalue weighted by molar-refractivity contribution is 8.08. The van der Waals surface area contributed by atoms with Crippen molar-refractivity contribution < 1.29 is 29.1 Å². The van der Waals surface area contributed by atoms with Gasteiger partial charge in [0, 0.05) is 28.4 Å². The molecule has 0 saturated carbocycles. The summed E-state index contributed by atoms with van der Waals surface area (Å²) in [5, 5.41) is 21.8. The molecule has 0 aliphatic carbocycles. The van der Waals surface area contributed by atoms with Gasteiger partial charge in [0.2, 0.25) is 6.41 Å². The van der Waals surface area contributed by atoms with Crippen LogP contribution < -0.4 is 10.6 Å². The fraction of sp³-hybridized carbons (Fsp3) is 0.261. The van der Waals surface area contributed by atoms with Crippen LogP contribution in [0.2, 0.25) is 0 Å². The molecular weight excluding hydrogens is 552 g/mol. The zero-order valence-corrected chi connectivity index (χ0v) is 22.3. The van der Waals surface area contributed by atoms with Gasteiger partial charge >= 0.3 is 5.97 Å². The zero-order chi connectivity index (χ0) is 27.1. The fourth-order valence-electron chi connectivity index (χ4n) is 3.47. The minimum Gasteiger partial charge on any atom is -0.477 e. The lowest BCUT2D eigenvalue weighted by molar-refractivity contribution is -0.150. The van der Waals surface area contributed by atoms with Crippen LogP contribution in [0.4, 0.5) is 5.13 Å². The molecule has 12 nitrogen and oxygen atoms in total. The second kappa shape index (κ2) is 12.7. The third-order valence-electron chi connectivity index (χ3n) is 5.17. The number of anilines is 1. The summed E-state index contributed by atoms with van der Waals surface area (Å²) in [5.41, 5.74) is 0.759. The van der Waals surface area contributed by atoms with Crippen LogP contribution in [0.5, 0.6) is 0 Å². The van der Waals surface area contributed by atoms with Crippen molar-refractivity contribution in [2.24, 2.45) is 5.16 Å². The van der Waals surface area contributed by atoms with Crippen LogP contribution in [-0.4, -0.2) is 73.7 Å². The number of amides is 3. The number of oxime groups is 1. The SMILES string of the molecule is CCCO/N=C(\C(=O)NC1C(=O)N2C(C(=O)O)=C(S/C=C\c3cccnc3)CS[C@H]12)c1csc(NC=O)n1. The highest BCUT2D eigenvalue weighted by atomic mass is 32.2. The van der Waals surface area contributed by atoms with Gasteiger partial charge in [-0.05, 0) is 29.5 Å². The molecule has 1 unspecified atom stereocenters. The Balaban J connectivity index is 1.48. The molecule has 0 bridgehead atoms. The van der Waals surface area contributed by atoms with E-state index >= 15 is 0 Å². The van der Waals surface area contributed by atoms with Crippen molar-refractivity contribution in [3.05, 3.63) is 57.2 Å². The monoisotopic (exact) mass is 574 g/mol. The predicted molar refractivity (Wildman–Crippen MR) is 145 cm³/mol. The maximum Gasteiger partial charge on any atom is 0.353 e. The summed E-state index contributed by atoms with van der Waals surface area (Å²) >= 11 is 3.66. The molecule has 38 heavy (non-hydrogen) atoms. The molecular formula is C23H22N6O6S3. The van der Waals surface area contributed by atoms with E-state index in [2.05, 4.69) is 25.8 Å². The molecule has 2 aromatic heterocycles. The lowest BCUT2D eigenvalue weighted by Gasteiger charge is -2.49. The molecule has 0 radical (unpaired) electrons. The molecule has 2 aromatic rings. The lowest BCUT2D eigenvalue weighted by Crippen LogP contribution is -2.71. The maximum atomic E-state index is 13.1. The Morgan fingerprint density at radius 3 is 2.97 bits per heavy atom. The Labute approximate surface area is 229 Å². The fourth-order valence-corrected chi connectivity index (χ4v) is 6.48. The molecule has 1 saturated heterocycles. The van der Waals surface area contributed by atoms with E-state index in [-0.39, 0.29) is 28.8 Å². The van der Waals surface area contributed by atoms with E-state index in [4.69, 9.17) is 4.84 Å². The van der Waals surface area contributed by atoms with Crippen LogP contribution in [-0.2, 0) is 24.0 Å². The number of β-lactam (4-membered cyclic amide) rings is 1. The molecule has 1 fully saturated rings. The number of thioether (sulfide) groups is 2. The third kappa shape index (κ3) is 6.06. The Morgan fingerprint density at radius 1 is 1.42 bits per heavy atom. The minimum atomic E-state index is -1.22. The normalized spacial score (nSPS) is 19.1. The van der Waals surface area contributed by atoms with Gasteiger partial charge in [-0.2, -0.15) is 0 Å². The van der Waals surface area contributed by atoms with Crippen LogP contribution in [0.3, 0.4) is 0 Å². The summed E-state index contributed by atoms with van der Waals surface area (Å²) < 4.78 is 0. The molecule has 198 valence electrons. The van der Waals surface area contributed by atoms with Crippen molar-refractivity contribution >= 4 is 76.0 Å². The number of nitrogens with zero attached hydrogens (tertiary/aromatic N) is 4. The summed E-state index contributed by atoms with van der Waals surface area (Å²) in [5.74, 6) is -2.13. The van der Waals surface area contributed by atoms with E-state index in [1.807, 2.05) is 13.0 Å². The van der Waals surface area contributed by atoms with Gasteiger partial charge in [0.1, 0.15) is 29.4 Å². The van der Waals surface area contributed by atoms with Crippen LogP contribution >= 0.6 is 34.9 Å². The van der Waals surface area contributed by atoms with Crippen LogP contribution in [0, 0.1) is 0 Å². The van der Waals surface area contributed by atoms with Crippen LogP contribution in [0.1, 0.15) is 24.6 Å². The van der Waals surface area contributed by atoms with E-state index in [0.29, 0.717) is 23.5 Å². The summed E-state index contributed by atoms with van der Waals surface area (Å²) in [7, 11) is 0. The highest BCUT2D eigenvalue weighted by Crippen LogP contribution is 2.43. The quantitative estimate of drug-likeness (QED) is 0.113. The number of carbonyl (C=O) groups is 4. The summed E-state index contributed by atoms with van der Waals surface area (Å²) in [6, 6.07) is 2.70. The van der Waals surface area contributed by atoms with Gasteiger partial charge in [0.15, 0.2) is 10.8 Å². The number of nitrogens with one attached hydrogen (secondary N) is 2. The van der Waals surface area contributed by atoms with Gasteiger partial charge in [0.25, 0.3) is 11.8 Å². The maximum absolute atomic E-state index is 13.1. The number of aromatic nitrogens is 2. The van der Waals surface area contributed by atoms with Gasteiger partial charge in [-0.1, -0.05) is 29.9 Å². The molecule has 15 heteroatoms. The van der Waals surface area contributed by atoms with Gasteiger partial charge in [-0.15, -0.1) is 23.1 Å². The van der Waals surface area contributed by atoms with Crippen molar-refractivity contribution in [3.8, 4) is 0 Å². The van der Waals surface area contributed by atoms with Crippen molar-refractivity contribution in [2.75, 3.05) is 17.7 Å². The van der Waals surface area contributed by atoms with Crippen molar-refractivity contribution in [3.63, 3.8) is 0 Å². The molecule has 4 rings (SSSR count). The number of thiazole rings is 1. The van der Waals surface area contributed by atoms with Crippen LogP contribution in [0.15, 0.2) is 51.1 Å². The molecule has 4 heterocycles. The first-order valence-corrected chi connectivity index (χ1v) is 14.1. The molecule has 2 aliphatic rings. The number of hydrogen-bond donors (Lipinski definition) is 3. The number of rotatable bonds is 12. The Hall–Kier alpha value is -3.69. The smallest absolute Gasteiger partial charge is 0.353 e. The van der Waals surface area contributed by atoms with Crippen molar-refractivity contribution in [2.45, 2.75) is 24.8 Å². The molecule has 0 aromatic carbocycles. The molecule has 3 N–H and O–H groups in total. The summed E-state index contributed by atoms with van der Waals surface area (Å²) in [6.45, 7) is 2.14. The van der Waals surface area contributed by atoms with Gasteiger partial charge in [0.05, 0.1) is 0 Å². The van der Waals surface area contributed by atoms with E-state index in [1.165, 1.54) is 33.8 Å². The Kier molecular flexibility index (Phi) is 9.15. The summed E-state index contributed by atoms with van der Waals surface area (Å²) in [4.78, 5) is 64.0. The summed E-state index contributed by atoms with van der Waals surface area (Å²) in [6.07, 6.45) is 6.26. The van der Waals surface area contributed by atoms with Crippen LogP contribution in [0.25, 0.3) is 6.08 Å².